The van der Waals surface area contributed by atoms with E-state index in [0.29, 0.717) is 11.2 Å². The van der Waals surface area contributed by atoms with Gasteiger partial charge in [-0.15, -0.1) is 0 Å². The third-order valence-corrected chi connectivity index (χ3v) is 2.97. The number of halogens is 2. The Kier molecular flexibility index (Phi) is 1.67. The first-order chi connectivity index (χ1) is 7.49. The third kappa shape index (κ3) is 1.30. The number of nitrogens with zero attached hydrogens (tertiary/aromatic N) is 3. The zero-order chi connectivity index (χ0) is 11.4. The van der Waals surface area contributed by atoms with Crippen molar-refractivity contribution >= 4 is 5.65 Å². The smallest absolute Gasteiger partial charge is 0.252 e. The average molecular weight is 224 g/mol. The number of aromatic nitrogens is 3. The van der Waals surface area contributed by atoms with Crippen molar-refractivity contribution in [3.05, 3.63) is 30.2 Å². The molecule has 2 aromatic heterocycles. The monoisotopic (exact) mass is 224 g/mol. The lowest BCUT2D eigenvalue weighted by atomic mass is 9.70. The zero-order valence-electron chi connectivity index (χ0n) is 8.40. The minimum atomic E-state index is -2.65. The number of alkyl halides is 2. The molecule has 3 rings (SSSR count). The molecule has 2 N–H and O–H groups in total. The Labute approximate surface area is 90.1 Å². The van der Waals surface area contributed by atoms with E-state index < -0.39 is 11.5 Å². The molecule has 0 spiro atoms. The van der Waals surface area contributed by atoms with Crippen LogP contribution in [0.25, 0.3) is 5.65 Å². The lowest BCUT2D eigenvalue weighted by Crippen LogP contribution is -2.55. The van der Waals surface area contributed by atoms with E-state index in [1.807, 2.05) is 0 Å². The van der Waals surface area contributed by atoms with E-state index in [1.165, 1.54) is 0 Å². The fraction of sp³-hybridized carbons (Fsp3) is 0.400. The summed E-state index contributed by atoms with van der Waals surface area (Å²) < 4.78 is 27.2. The van der Waals surface area contributed by atoms with Crippen LogP contribution in [-0.2, 0) is 5.54 Å². The van der Waals surface area contributed by atoms with Crippen LogP contribution in [0.5, 0.6) is 0 Å². The van der Waals surface area contributed by atoms with Crippen LogP contribution in [0.3, 0.4) is 0 Å². The minimum absolute atomic E-state index is 0.325. The normalized spacial score (nSPS) is 21.9. The summed E-state index contributed by atoms with van der Waals surface area (Å²) in [5.74, 6) is -2.65. The summed E-state index contributed by atoms with van der Waals surface area (Å²) in [5, 5.41) is 4.00. The van der Waals surface area contributed by atoms with Gasteiger partial charge in [-0.1, -0.05) is 0 Å². The summed E-state index contributed by atoms with van der Waals surface area (Å²) in [6, 6.07) is 1.74. The van der Waals surface area contributed by atoms with E-state index in [0.717, 1.165) is 0 Å². The van der Waals surface area contributed by atoms with Crippen LogP contribution < -0.4 is 5.73 Å². The molecule has 4 nitrogen and oxygen atoms in total. The van der Waals surface area contributed by atoms with Gasteiger partial charge in [-0.3, -0.25) is 0 Å². The van der Waals surface area contributed by atoms with E-state index >= 15 is 0 Å². The highest BCUT2D eigenvalue weighted by Crippen LogP contribution is 2.49. The SMILES string of the molecule is NC1(c2cnc3ccnn3c2)CC(F)(F)C1. The van der Waals surface area contributed by atoms with Crippen molar-refractivity contribution in [2.24, 2.45) is 5.73 Å². The molecular weight excluding hydrogens is 214 g/mol. The first-order valence-corrected chi connectivity index (χ1v) is 4.95. The molecule has 1 fully saturated rings. The Morgan fingerprint density at radius 2 is 2.12 bits per heavy atom. The van der Waals surface area contributed by atoms with Gasteiger partial charge in [-0.25, -0.2) is 18.3 Å². The van der Waals surface area contributed by atoms with Crippen LogP contribution >= 0.6 is 0 Å². The van der Waals surface area contributed by atoms with Crippen molar-refractivity contribution in [3.8, 4) is 0 Å². The Morgan fingerprint density at radius 1 is 1.38 bits per heavy atom. The highest BCUT2D eigenvalue weighted by molar-refractivity contribution is 5.38. The average Bonchev–Trinajstić information content (AvgIpc) is 2.60. The summed E-state index contributed by atoms with van der Waals surface area (Å²) >= 11 is 0. The van der Waals surface area contributed by atoms with Crippen LogP contribution in [0.2, 0.25) is 0 Å². The Bertz CT molecular complexity index is 540. The summed E-state index contributed by atoms with van der Waals surface area (Å²) in [7, 11) is 0. The summed E-state index contributed by atoms with van der Waals surface area (Å²) in [5.41, 5.74) is 6.22. The van der Waals surface area contributed by atoms with Gasteiger partial charge in [0.05, 0.1) is 11.7 Å². The fourth-order valence-corrected chi connectivity index (χ4v) is 2.14. The van der Waals surface area contributed by atoms with Crippen molar-refractivity contribution in [1.29, 1.82) is 0 Å². The van der Waals surface area contributed by atoms with Gasteiger partial charge < -0.3 is 5.73 Å². The first-order valence-electron chi connectivity index (χ1n) is 4.95. The summed E-state index contributed by atoms with van der Waals surface area (Å²) in [6.07, 6.45) is 4.16. The third-order valence-electron chi connectivity index (χ3n) is 2.97. The molecule has 0 amide bonds. The van der Waals surface area contributed by atoms with Crippen molar-refractivity contribution in [3.63, 3.8) is 0 Å². The standard InChI is InChI=1S/C10H10F2N4/c11-10(12)5-9(13,6-10)7-3-14-8-1-2-15-16(8)4-7/h1-4H,5-6,13H2. The molecule has 0 aromatic carbocycles. The lowest BCUT2D eigenvalue weighted by Gasteiger charge is -2.44. The molecule has 1 aliphatic rings. The first kappa shape index (κ1) is 9.65. The van der Waals surface area contributed by atoms with Crippen molar-refractivity contribution < 1.29 is 8.78 Å². The molecule has 84 valence electrons. The molecule has 0 aliphatic heterocycles. The topological polar surface area (TPSA) is 56.2 Å². The van der Waals surface area contributed by atoms with Gasteiger partial charge in [-0.05, 0) is 0 Å². The number of nitrogens with two attached hydrogens (primary N) is 1. The molecular formula is C10H10F2N4. The maximum atomic E-state index is 12.9. The largest absolute Gasteiger partial charge is 0.321 e. The van der Waals surface area contributed by atoms with E-state index in [1.54, 1.807) is 29.2 Å². The molecule has 2 heterocycles. The molecule has 0 radical (unpaired) electrons. The molecule has 0 saturated heterocycles. The Morgan fingerprint density at radius 3 is 2.81 bits per heavy atom. The molecule has 1 saturated carbocycles. The maximum Gasteiger partial charge on any atom is 0.252 e. The van der Waals surface area contributed by atoms with Crippen molar-refractivity contribution in [2.45, 2.75) is 24.3 Å². The highest BCUT2D eigenvalue weighted by Gasteiger charge is 2.55. The molecule has 0 unspecified atom stereocenters. The van der Waals surface area contributed by atoms with Gasteiger partial charge in [-0.2, -0.15) is 5.10 Å². The predicted octanol–water partition coefficient (Wildman–Crippen LogP) is 1.31. The minimum Gasteiger partial charge on any atom is -0.321 e. The second kappa shape index (κ2) is 2.76. The maximum absolute atomic E-state index is 12.9. The number of hydrogen-bond donors (Lipinski definition) is 1. The molecule has 1 aliphatic carbocycles. The van der Waals surface area contributed by atoms with Gasteiger partial charge in [0.2, 0.25) is 0 Å². The molecule has 0 bridgehead atoms. The molecule has 0 atom stereocenters. The Balaban J connectivity index is 2.00. The Hall–Kier alpha value is -1.56. The molecule has 6 heteroatoms. The summed E-state index contributed by atoms with van der Waals surface area (Å²) in [4.78, 5) is 4.11. The van der Waals surface area contributed by atoms with Crippen molar-refractivity contribution in [1.82, 2.24) is 14.6 Å². The van der Waals surface area contributed by atoms with Gasteiger partial charge in [0, 0.05) is 36.9 Å². The van der Waals surface area contributed by atoms with Crippen molar-refractivity contribution in [2.75, 3.05) is 0 Å². The zero-order valence-corrected chi connectivity index (χ0v) is 8.40. The lowest BCUT2D eigenvalue weighted by molar-refractivity contribution is -0.125. The molecule has 2 aromatic rings. The number of hydrogen-bond acceptors (Lipinski definition) is 3. The van der Waals surface area contributed by atoms with Crippen LogP contribution in [0.4, 0.5) is 8.78 Å². The van der Waals surface area contributed by atoms with E-state index in [-0.39, 0.29) is 12.8 Å². The number of rotatable bonds is 1. The predicted molar refractivity (Wildman–Crippen MR) is 53.0 cm³/mol. The quantitative estimate of drug-likeness (QED) is 0.794. The fourth-order valence-electron chi connectivity index (χ4n) is 2.14. The van der Waals surface area contributed by atoms with Crippen LogP contribution in [0, 0.1) is 0 Å². The second-order valence-corrected chi connectivity index (χ2v) is 4.34. The van der Waals surface area contributed by atoms with E-state index in [9.17, 15) is 8.78 Å². The van der Waals surface area contributed by atoms with Crippen LogP contribution in [-0.4, -0.2) is 20.5 Å². The van der Waals surface area contributed by atoms with E-state index in [2.05, 4.69) is 10.1 Å². The van der Waals surface area contributed by atoms with E-state index in [4.69, 9.17) is 5.73 Å². The number of fused-ring (bicyclic) bond motifs is 1. The molecule has 16 heavy (non-hydrogen) atoms. The van der Waals surface area contributed by atoms with Gasteiger partial charge in [0.1, 0.15) is 0 Å². The van der Waals surface area contributed by atoms with Crippen LogP contribution in [0.1, 0.15) is 18.4 Å². The second-order valence-electron chi connectivity index (χ2n) is 4.34. The highest BCUT2D eigenvalue weighted by atomic mass is 19.3. The van der Waals surface area contributed by atoms with Gasteiger partial charge in [0.15, 0.2) is 5.65 Å². The van der Waals surface area contributed by atoms with Crippen LogP contribution in [0.15, 0.2) is 24.7 Å². The van der Waals surface area contributed by atoms with Gasteiger partial charge in [0.25, 0.3) is 5.92 Å². The van der Waals surface area contributed by atoms with Gasteiger partial charge >= 0.3 is 0 Å². The summed E-state index contributed by atoms with van der Waals surface area (Å²) in [6.45, 7) is 0.